The molecule has 0 aliphatic heterocycles. The fourth-order valence-corrected chi connectivity index (χ4v) is 4.77. The summed E-state index contributed by atoms with van der Waals surface area (Å²) in [4.78, 5) is 0. The third-order valence-corrected chi connectivity index (χ3v) is 6.64. The molecule has 3 nitrogen and oxygen atoms in total. The highest BCUT2D eigenvalue weighted by molar-refractivity contribution is 6.75. The van der Waals surface area contributed by atoms with Crippen molar-refractivity contribution in [1.82, 2.24) is 0 Å². The summed E-state index contributed by atoms with van der Waals surface area (Å²) in [5.41, 5.74) is 0.855. The van der Waals surface area contributed by atoms with Gasteiger partial charge in [0.15, 0.2) is 0 Å². The number of halogens is 3. The molecule has 0 saturated carbocycles. The van der Waals surface area contributed by atoms with Crippen molar-refractivity contribution in [1.29, 1.82) is 0 Å². The monoisotopic (exact) mass is 370 g/mol. The van der Waals surface area contributed by atoms with E-state index in [1.54, 1.807) is 7.11 Å². The van der Waals surface area contributed by atoms with Crippen molar-refractivity contribution in [2.75, 3.05) is 20.3 Å². The van der Waals surface area contributed by atoms with Gasteiger partial charge in [-0.05, 0) is 37.1 Å². The van der Waals surface area contributed by atoms with E-state index in [1.165, 1.54) is 12.1 Å². The van der Waals surface area contributed by atoms with E-state index in [4.69, 9.17) is 13.3 Å². The Bertz CT molecular complexity index is 663. The molecule has 0 aliphatic rings. The molecule has 7 heteroatoms. The molecule has 0 N–H and O–H groups in total. The number of alkyl halides is 3. The minimum absolute atomic E-state index is 0.459. The Kier molecular flexibility index (Phi) is 6.40. The Labute approximate surface area is 146 Å². The van der Waals surface area contributed by atoms with Crippen molar-refractivity contribution >= 4 is 14.0 Å². The van der Waals surface area contributed by atoms with Gasteiger partial charge in [0.05, 0.1) is 5.56 Å². The third kappa shape index (κ3) is 4.49. The van der Waals surface area contributed by atoms with Crippen molar-refractivity contribution in [2.45, 2.75) is 20.0 Å². The van der Waals surface area contributed by atoms with E-state index in [2.05, 4.69) is 0 Å². The first-order valence-electron chi connectivity index (χ1n) is 7.97. The van der Waals surface area contributed by atoms with Crippen LogP contribution in [0.15, 0.2) is 48.5 Å². The Morgan fingerprint density at radius 2 is 1.24 bits per heavy atom. The van der Waals surface area contributed by atoms with Gasteiger partial charge in [-0.2, -0.15) is 13.2 Å². The predicted octanol–water partition coefficient (Wildman–Crippen LogP) is 4.24. The number of benzene rings is 2. The molecule has 0 aromatic heterocycles. The van der Waals surface area contributed by atoms with Crippen LogP contribution in [0.1, 0.15) is 19.4 Å². The lowest BCUT2D eigenvalue weighted by molar-refractivity contribution is -0.137. The Balaban J connectivity index is 2.29. The summed E-state index contributed by atoms with van der Waals surface area (Å²) >= 11 is 0. The summed E-state index contributed by atoms with van der Waals surface area (Å²) in [6, 6.07) is 12.4. The lowest BCUT2D eigenvalue weighted by Crippen LogP contribution is -2.56. The van der Waals surface area contributed by atoms with Crippen molar-refractivity contribution in [3.05, 3.63) is 54.1 Å². The van der Waals surface area contributed by atoms with Crippen LogP contribution in [0.3, 0.4) is 0 Å². The molecule has 0 heterocycles. The predicted molar refractivity (Wildman–Crippen MR) is 92.5 cm³/mol. The number of hydrogen-bond acceptors (Lipinski definition) is 3. The molecule has 2 aromatic carbocycles. The maximum atomic E-state index is 12.7. The van der Waals surface area contributed by atoms with Crippen molar-refractivity contribution in [3.63, 3.8) is 0 Å². The summed E-state index contributed by atoms with van der Waals surface area (Å²) < 4.78 is 55.1. The third-order valence-electron chi connectivity index (χ3n) is 3.72. The smallest absolute Gasteiger partial charge is 0.373 e. The summed E-state index contributed by atoms with van der Waals surface area (Å²) in [7, 11) is -1.40. The molecule has 0 spiro atoms. The van der Waals surface area contributed by atoms with Crippen LogP contribution < -0.4 is 5.19 Å². The topological polar surface area (TPSA) is 27.7 Å². The number of rotatable bonds is 7. The molecule has 0 unspecified atom stereocenters. The van der Waals surface area contributed by atoms with E-state index in [0.717, 1.165) is 22.9 Å². The standard InChI is InChI=1S/C18H21F3O3Si/c1-4-23-25(22-3,24-5-2)17-12-8-15(9-13-17)14-6-10-16(11-7-14)18(19,20)21/h6-13H,4-5H2,1-3H3. The van der Waals surface area contributed by atoms with Crippen LogP contribution in [0.25, 0.3) is 11.1 Å². The van der Waals surface area contributed by atoms with Crippen LogP contribution >= 0.6 is 0 Å². The zero-order valence-electron chi connectivity index (χ0n) is 14.4. The van der Waals surface area contributed by atoms with Crippen LogP contribution in [-0.2, 0) is 19.5 Å². The second kappa shape index (κ2) is 8.14. The van der Waals surface area contributed by atoms with Crippen LogP contribution in [0.4, 0.5) is 13.2 Å². The van der Waals surface area contributed by atoms with E-state index in [0.29, 0.717) is 18.8 Å². The summed E-state index contributed by atoms with van der Waals surface area (Å²) in [6.07, 6.45) is -4.33. The fourth-order valence-electron chi connectivity index (χ4n) is 2.54. The average Bonchev–Trinajstić information content (AvgIpc) is 2.61. The molecule has 0 fully saturated rings. The SMILES string of the molecule is CCO[Si](OC)(OCC)c1ccc(-c2ccc(C(F)(F)F)cc2)cc1. The Morgan fingerprint density at radius 1 is 0.800 bits per heavy atom. The van der Waals surface area contributed by atoms with E-state index >= 15 is 0 Å². The van der Waals surface area contributed by atoms with Gasteiger partial charge < -0.3 is 13.3 Å². The van der Waals surface area contributed by atoms with Gasteiger partial charge in [0.25, 0.3) is 0 Å². The second-order valence-corrected chi connectivity index (χ2v) is 7.95. The van der Waals surface area contributed by atoms with Gasteiger partial charge in [-0.1, -0.05) is 36.4 Å². The van der Waals surface area contributed by atoms with Gasteiger partial charge in [0, 0.05) is 25.5 Å². The second-order valence-electron chi connectivity index (χ2n) is 5.28. The molecule has 0 bridgehead atoms. The van der Waals surface area contributed by atoms with Crippen LogP contribution in [0.5, 0.6) is 0 Å². The van der Waals surface area contributed by atoms with Gasteiger partial charge in [-0.15, -0.1) is 0 Å². The van der Waals surface area contributed by atoms with Gasteiger partial charge in [-0.3, -0.25) is 0 Å². The first-order chi connectivity index (χ1) is 11.9. The molecular formula is C18H21F3O3Si. The van der Waals surface area contributed by atoms with Gasteiger partial charge in [0.1, 0.15) is 0 Å². The van der Waals surface area contributed by atoms with Gasteiger partial charge in [-0.25, -0.2) is 0 Å². The summed E-state index contributed by atoms with van der Waals surface area (Å²) in [5.74, 6) is 0. The van der Waals surface area contributed by atoms with Crippen LogP contribution in [0, 0.1) is 0 Å². The van der Waals surface area contributed by atoms with Crippen molar-refractivity contribution in [3.8, 4) is 11.1 Å². The molecule has 0 saturated heterocycles. The molecule has 0 atom stereocenters. The minimum atomic E-state index is -4.33. The van der Waals surface area contributed by atoms with Crippen molar-refractivity contribution < 1.29 is 26.4 Å². The summed E-state index contributed by atoms with van der Waals surface area (Å²) in [5, 5.41) is 0.814. The molecular weight excluding hydrogens is 349 g/mol. The Morgan fingerprint density at radius 3 is 1.60 bits per heavy atom. The highest BCUT2D eigenvalue weighted by atomic mass is 28.4. The van der Waals surface area contributed by atoms with Crippen LogP contribution in [0.2, 0.25) is 0 Å². The summed E-state index contributed by atoms with van der Waals surface area (Å²) in [6.45, 7) is 4.66. The average molecular weight is 370 g/mol. The molecule has 2 aromatic rings. The fraction of sp³-hybridized carbons (Fsp3) is 0.333. The van der Waals surface area contributed by atoms with E-state index in [1.807, 2.05) is 38.1 Å². The van der Waals surface area contributed by atoms with E-state index in [9.17, 15) is 13.2 Å². The molecule has 0 aliphatic carbocycles. The van der Waals surface area contributed by atoms with E-state index < -0.39 is 20.5 Å². The maximum Gasteiger partial charge on any atom is 0.536 e. The first-order valence-corrected chi connectivity index (χ1v) is 9.70. The van der Waals surface area contributed by atoms with E-state index in [-0.39, 0.29) is 0 Å². The maximum absolute atomic E-state index is 12.7. The molecule has 2 rings (SSSR count). The molecule has 136 valence electrons. The lowest BCUT2D eigenvalue weighted by Gasteiger charge is -2.27. The zero-order valence-corrected chi connectivity index (χ0v) is 15.4. The lowest BCUT2D eigenvalue weighted by atomic mass is 10.0. The molecule has 0 amide bonds. The van der Waals surface area contributed by atoms with Crippen molar-refractivity contribution in [2.24, 2.45) is 0 Å². The zero-order chi connectivity index (χ0) is 18.5. The normalized spacial score (nSPS) is 12.4. The first kappa shape index (κ1) is 19.6. The Hall–Kier alpha value is -1.67. The van der Waals surface area contributed by atoms with Gasteiger partial charge in [0.2, 0.25) is 0 Å². The molecule has 0 radical (unpaired) electrons. The minimum Gasteiger partial charge on any atom is -0.373 e. The number of hydrogen-bond donors (Lipinski definition) is 0. The highest BCUT2D eigenvalue weighted by Crippen LogP contribution is 2.30. The van der Waals surface area contributed by atoms with Crippen LogP contribution in [-0.4, -0.2) is 29.1 Å². The quantitative estimate of drug-likeness (QED) is 0.683. The largest absolute Gasteiger partial charge is 0.536 e. The van der Waals surface area contributed by atoms with Gasteiger partial charge >= 0.3 is 15.0 Å². The highest BCUT2D eigenvalue weighted by Gasteiger charge is 2.42. The molecule has 25 heavy (non-hydrogen) atoms.